The van der Waals surface area contributed by atoms with Crippen molar-refractivity contribution in [2.24, 2.45) is 4.99 Å². The molecule has 0 atom stereocenters. The van der Waals surface area contributed by atoms with Gasteiger partial charge in [-0.25, -0.2) is 0 Å². The van der Waals surface area contributed by atoms with Gasteiger partial charge in [-0.2, -0.15) is 0 Å². The summed E-state index contributed by atoms with van der Waals surface area (Å²) < 4.78 is 0. The SMILES string of the molecule is CCNC(=NCCC(=O)N(CC)CC)N(C)Cc1ccccc1C. The summed E-state index contributed by atoms with van der Waals surface area (Å²) in [5, 5.41) is 3.30. The zero-order valence-electron chi connectivity index (χ0n) is 15.8. The summed E-state index contributed by atoms with van der Waals surface area (Å²) in [4.78, 5) is 20.6. The highest BCUT2D eigenvalue weighted by Crippen LogP contribution is 2.09. The fraction of sp³-hybridized carbons (Fsp3) is 0.579. The van der Waals surface area contributed by atoms with Crippen LogP contribution in [-0.4, -0.2) is 54.9 Å². The molecule has 134 valence electrons. The van der Waals surface area contributed by atoms with E-state index in [1.807, 2.05) is 25.8 Å². The fourth-order valence-corrected chi connectivity index (χ4v) is 2.58. The van der Waals surface area contributed by atoms with Crippen LogP contribution < -0.4 is 5.32 Å². The molecule has 0 saturated carbocycles. The summed E-state index contributed by atoms with van der Waals surface area (Å²) in [6, 6.07) is 8.37. The summed E-state index contributed by atoms with van der Waals surface area (Å²) in [5.74, 6) is 1.01. The Morgan fingerprint density at radius 2 is 1.83 bits per heavy atom. The van der Waals surface area contributed by atoms with E-state index in [4.69, 9.17) is 0 Å². The molecule has 1 aromatic rings. The molecule has 0 heterocycles. The van der Waals surface area contributed by atoms with Crippen LogP contribution >= 0.6 is 0 Å². The van der Waals surface area contributed by atoms with Crippen LogP contribution in [0.15, 0.2) is 29.3 Å². The zero-order chi connectivity index (χ0) is 17.9. The molecule has 0 aliphatic carbocycles. The number of benzene rings is 1. The lowest BCUT2D eigenvalue weighted by Crippen LogP contribution is -2.39. The van der Waals surface area contributed by atoms with E-state index in [0.717, 1.165) is 32.1 Å². The molecule has 0 unspecified atom stereocenters. The average Bonchev–Trinajstić information content (AvgIpc) is 2.57. The Morgan fingerprint density at radius 3 is 2.42 bits per heavy atom. The third-order valence-corrected chi connectivity index (χ3v) is 4.07. The number of aryl methyl sites for hydroxylation is 1. The van der Waals surface area contributed by atoms with Gasteiger partial charge in [-0.05, 0) is 38.8 Å². The van der Waals surface area contributed by atoms with E-state index < -0.39 is 0 Å². The largest absolute Gasteiger partial charge is 0.357 e. The monoisotopic (exact) mass is 332 g/mol. The van der Waals surface area contributed by atoms with E-state index >= 15 is 0 Å². The molecular weight excluding hydrogens is 300 g/mol. The third-order valence-electron chi connectivity index (χ3n) is 4.07. The van der Waals surface area contributed by atoms with E-state index in [0.29, 0.717) is 13.0 Å². The Morgan fingerprint density at radius 1 is 1.17 bits per heavy atom. The first kappa shape index (κ1) is 20.0. The van der Waals surface area contributed by atoms with Crippen molar-refractivity contribution < 1.29 is 4.79 Å². The second-order valence-corrected chi connectivity index (χ2v) is 5.83. The number of rotatable bonds is 8. The molecule has 5 nitrogen and oxygen atoms in total. The second-order valence-electron chi connectivity index (χ2n) is 5.83. The molecule has 1 amide bonds. The van der Waals surface area contributed by atoms with Gasteiger partial charge in [-0.15, -0.1) is 0 Å². The van der Waals surface area contributed by atoms with Crippen molar-refractivity contribution in [3.63, 3.8) is 0 Å². The topological polar surface area (TPSA) is 47.9 Å². The fourth-order valence-electron chi connectivity index (χ4n) is 2.58. The van der Waals surface area contributed by atoms with Gasteiger partial charge in [0.1, 0.15) is 0 Å². The number of guanidine groups is 1. The lowest BCUT2D eigenvalue weighted by Gasteiger charge is -2.23. The molecule has 0 spiro atoms. The zero-order valence-corrected chi connectivity index (χ0v) is 15.8. The number of hydrogen-bond donors (Lipinski definition) is 1. The third kappa shape index (κ3) is 6.22. The van der Waals surface area contributed by atoms with Crippen LogP contribution in [0.1, 0.15) is 38.3 Å². The first-order chi connectivity index (χ1) is 11.5. The lowest BCUT2D eigenvalue weighted by molar-refractivity contribution is -0.130. The normalized spacial score (nSPS) is 11.3. The van der Waals surface area contributed by atoms with Crippen molar-refractivity contribution in [2.45, 2.75) is 40.7 Å². The maximum atomic E-state index is 12.1. The molecular formula is C19H32N4O. The molecule has 1 aromatic carbocycles. The molecule has 5 heteroatoms. The lowest BCUT2D eigenvalue weighted by atomic mass is 10.1. The van der Waals surface area contributed by atoms with Crippen LogP contribution in [0.4, 0.5) is 0 Å². The Bertz CT molecular complexity index is 538. The Hall–Kier alpha value is -2.04. The van der Waals surface area contributed by atoms with E-state index in [2.05, 4.69) is 53.3 Å². The van der Waals surface area contributed by atoms with Gasteiger partial charge in [0.15, 0.2) is 5.96 Å². The summed E-state index contributed by atoms with van der Waals surface area (Å²) in [5.41, 5.74) is 2.56. The molecule has 1 rings (SSSR count). The van der Waals surface area contributed by atoms with Crippen LogP contribution in [0, 0.1) is 6.92 Å². The molecule has 1 N–H and O–H groups in total. The quantitative estimate of drug-likeness (QED) is 0.588. The van der Waals surface area contributed by atoms with Crippen LogP contribution in [0.5, 0.6) is 0 Å². The minimum absolute atomic E-state index is 0.168. The molecule has 0 aromatic heterocycles. The van der Waals surface area contributed by atoms with E-state index in [-0.39, 0.29) is 5.91 Å². The number of amides is 1. The summed E-state index contributed by atoms with van der Waals surface area (Å²) in [6.07, 6.45) is 0.453. The maximum Gasteiger partial charge on any atom is 0.224 e. The van der Waals surface area contributed by atoms with Gasteiger partial charge in [-0.3, -0.25) is 9.79 Å². The second kappa shape index (κ2) is 10.7. The van der Waals surface area contributed by atoms with Crippen molar-refractivity contribution in [1.82, 2.24) is 15.1 Å². The standard InChI is InChI=1S/C19H32N4O/c1-6-20-19(21-14-13-18(24)23(7-2)8-3)22(5)15-17-12-10-9-11-16(17)4/h9-12H,6-8,13-15H2,1-5H3,(H,20,21). The predicted molar refractivity (Wildman–Crippen MR) is 101 cm³/mol. The number of nitrogens with zero attached hydrogens (tertiary/aromatic N) is 3. The Balaban J connectivity index is 2.67. The first-order valence-corrected chi connectivity index (χ1v) is 8.85. The van der Waals surface area contributed by atoms with Crippen LogP contribution in [-0.2, 0) is 11.3 Å². The maximum absolute atomic E-state index is 12.1. The van der Waals surface area contributed by atoms with Crippen molar-refractivity contribution in [2.75, 3.05) is 33.2 Å². The number of nitrogens with one attached hydrogen (secondary N) is 1. The highest BCUT2D eigenvalue weighted by Gasteiger charge is 2.11. The van der Waals surface area contributed by atoms with Crippen molar-refractivity contribution >= 4 is 11.9 Å². The van der Waals surface area contributed by atoms with Gasteiger partial charge < -0.3 is 15.1 Å². The van der Waals surface area contributed by atoms with E-state index in [1.54, 1.807) is 0 Å². The Kier molecular flexibility index (Phi) is 8.90. The van der Waals surface area contributed by atoms with Gasteiger partial charge in [0.05, 0.1) is 6.54 Å². The Labute approximate surface area is 146 Å². The van der Waals surface area contributed by atoms with Crippen molar-refractivity contribution in [1.29, 1.82) is 0 Å². The number of carbonyl (C=O) groups is 1. The van der Waals surface area contributed by atoms with Crippen LogP contribution in [0.25, 0.3) is 0 Å². The van der Waals surface area contributed by atoms with Gasteiger partial charge >= 0.3 is 0 Å². The molecule has 0 radical (unpaired) electrons. The summed E-state index contributed by atoms with van der Waals surface area (Å²) in [7, 11) is 2.03. The number of hydrogen-bond acceptors (Lipinski definition) is 2. The van der Waals surface area contributed by atoms with Gasteiger partial charge in [-0.1, -0.05) is 24.3 Å². The molecule has 0 aliphatic rings. The summed E-state index contributed by atoms with van der Waals surface area (Å²) in [6.45, 7) is 11.8. The molecule has 24 heavy (non-hydrogen) atoms. The van der Waals surface area contributed by atoms with Crippen LogP contribution in [0.2, 0.25) is 0 Å². The number of carbonyl (C=O) groups excluding carboxylic acids is 1. The van der Waals surface area contributed by atoms with E-state index in [9.17, 15) is 4.79 Å². The molecule has 0 bridgehead atoms. The highest BCUT2D eigenvalue weighted by molar-refractivity contribution is 5.80. The smallest absolute Gasteiger partial charge is 0.224 e. The number of aliphatic imine (C=N–C) groups is 1. The van der Waals surface area contributed by atoms with Crippen molar-refractivity contribution in [3.8, 4) is 0 Å². The minimum Gasteiger partial charge on any atom is -0.357 e. The van der Waals surface area contributed by atoms with Gasteiger partial charge in [0.2, 0.25) is 5.91 Å². The average molecular weight is 332 g/mol. The molecule has 0 fully saturated rings. The first-order valence-electron chi connectivity index (χ1n) is 8.85. The summed E-state index contributed by atoms with van der Waals surface area (Å²) >= 11 is 0. The van der Waals surface area contributed by atoms with E-state index in [1.165, 1.54) is 11.1 Å². The molecule has 0 saturated heterocycles. The van der Waals surface area contributed by atoms with Crippen LogP contribution in [0.3, 0.4) is 0 Å². The molecule has 0 aliphatic heterocycles. The van der Waals surface area contributed by atoms with Gasteiger partial charge in [0, 0.05) is 39.6 Å². The van der Waals surface area contributed by atoms with Gasteiger partial charge in [0.25, 0.3) is 0 Å². The minimum atomic E-state index is 0.168. The predicted octanol–water partition coefficient (Wildman–Crippen LogP) is 2.65. The van der Waals surface area contributed by atoms with Crippen molar-refractivity contribution in [3.05, 3.63) is 35.4 Å². The highest BCUT2D eigenvalue weighted by atomic mass is 16.2.